The first-order chi connectivity index (χ1) is 7.04. The van der Waals surface area contributed by atoms with E-state index in [9.17, 15) is 5.11 Å². The van der Waals surface area contributed by atoms with Gasteiger partial charge in [-0.2, -0.15) is 0 Å². The van der Waals surface area contributed by atoms with Crippen molar-refractivity contribution in [2.24, 2.45) is 17.3 Å². The lowest BCUT2D eigenvalue weighted by molar-refractivity contribution is -0.0133. The van der Waals surface area contributed by atoms with Crippen molar-refractivity contribution in [1.29, 1.82) is 0 Å². The molecule has 0 radical (unpaired) electrons. The van der Waals surface area contributed by atoms with E-state index >= 15 is 0 Å². The van der Waals surface area contributed by atoms with Crippen molar-refractivity contribution in [2.45, 2.75) is 59.0 Å². The van der Waals surface area contributed by atoms with Gasteiger partial charge >= 0.3 is 0 Å². The monoisotopic (exact) mass is 208 g/mol. The second-order valence-corrected chi connectivity index (χ2v) is 6.04. The SMILES string of the molecule is CC(C)=CCC[C@]1(C)C(O)[C@@H]2CC[C@H]1C2. The molecule has 2 saturated carbocycles. The molecule has 2 aliphatic carbocycles. The van der Waals surface area contributed by atoms with Crippen LogP contribution in [-0.2, 0) is 0 Å². The van der Waals surface area contributed by atoms with Gasteiger partial charge < -0.3 is 5.11 Å². The Labute approximate surface area is 93.6 Å². The summed E-state index contributed by atoms with van der Waals surface area (Å²) < 4.78 is 0. The molecular weight excluding hydrogens is 184 g/mol. The first-order valence-electron chi connectivity index (χ1n) is 6.35. The van der Waals surface area contributed by atoms with Crippen molar-refractivity contribution in [2.75, 3.05) is 0 Å². The molecule has 0 spiro atoms. The average Bonchev–Trinajstić information content (AvgIpc) is 2.70. The fraction of sp³-hybridized carbons (Fsp3) is 0.857. The van der Waals surface area contributed by atoms with E-state index in [1.165, 1.54) is 31.3 Å². The van der Waals surface area contributed by atoms with E-state index < -0.39 is 0 Å². The fourth-order valence-electron chi connectivity index (χ4n) is 3.71. The van der Waals surface area contributed by atoms with Gasteiger partial charge in [-0.3, -0.25) is 0 Å². The molecule has 2 bridgehead atoms. The Balaban J connectivity index is 1.98. The van der Waals surface area contributed by atoms with E-state index in [2.05, 4.69) is 26.8 Å². The Morgan fingerprint density at radius 1 is 1.40 bits per heavy atom. The number of fused-ring (bicyclic) bond motifs is 2. The molecule has 0 aromatic carbocycles. The molecule has 0 aromatic rings. The standard InChI is InChI=1S/C14H24O/c1-10(2)5-4-8-14(3)12-7-6-11(9-12)13(14)15/h5,11-13,15H,4,6-9H2,1-3H3/t11-,12+,13?,14+/m1/s1. The number of aliphatic hydroxyl groups excluding tert-OH is 1. The van der Waals surface area contributed by atoms with Crippen LogP contribution in [0.25, 0.3) is 0 Å². The first kappa shape index (κ1) is 11.2. The Kier molecular flexibility index (Phi) is 2.94. The van der Waals surface area contributed by atoms with Gasteiger partial charge in [0, 0.05) is 0 Å². The highest BCUT2D eigenvalue weighted by atomic mass is 16.3. The van der Waals surface area contributed by atoms with Gasteiger partial charge in [0.05, 0.1) is 6.10 Å². The third-order valence-corrected chi connectivity index (χ3v) is 4.76. The largest absolute Gasteiger partial charge is 0.392 e. The van der Waals surface area contributed by atoms with Gasteiger partial charge in [-0.05, 0) is 63.2 Å². The molecule has 2 aliphatic rings. The molecule has 2 rings (SSSR count). The third-order valence-electron chi connectivity index (χ3n) is 4.76. The molecule has 0 heterocycles. The third kappa shape index (κ3) is 1.87. The van der Waals surface area contributed by atoms with Crippen molar-refractivity contribution >= 4 is 0 Å². The van der Waals surface area contributed by atoms with Crippen LogP contribution < -0.4 is 0 Å². The highest BCUT2D eigenvalue weighted by Gasteiger charge is 2.54. The van der Waals surface area contributed by atoms with E-state index in [1.54, 1.807) is 0 Å². The molecule has 0 aliphatic heterocycles. The van der Waals surface area contributed by atoms with Crippen LogP contribution in [0.3, 0.4) is 0 Å². The van der Waals surface area contributed by atoms with E-state index in [0.29, 0.717) is 5.92 Å². The van der Waals surface area contributed by atoms with Crippen molar-refractivity contribution in [3.8, 4) is 0 Å². The predicted octanol–water partition coefficient (Wildman–Crippen LogP) is 3.53. The van der Waals surface area contributed by atoms with Crippen molar-refractivity contribution in [3.05, 3.63) is 11.6 Å². The van der Waals surface area contributed by atoms with Crippen LogP contribution >= 0.6 is 0 Å². The summed E-state index contributed by atoms with van der Waals surface area (Å²) in [5.41, 5.74) is 1.62. The van der Waals surface area contributed by atoms with Crippen LogP contribution in [0.15, 0.2) is 11.6 Å². The molecular formula is C14H24O. The number of allylic oxidation sites excluding steroid dienone is 2. The molecule has 1 unspecified atom stereocenters. The van der Waals surface area contributed by atoms with Gasteiger partial charge in [0.15, 0.2) is 0 Å². The lowest BCUT2D eigenvalue weighted by Crippen LogP contribution is -2.37. The Hall–Kier alpha value is -0.300. The summed E-state index contributed by atoms with van der Waals surface area (Å²) in [5.74, 6) is 1.41. The van der Waals surface area contributed by atoms with Crippen LogP contribution in [0.5, 0.6) is 0 Å². The average molecular weight is 208 g/mol. The maximum absolute atomic E-state index is 10.3. The van der Waals surface area contributed by atoms with E-state index in [4.69, 9.17) is 0 Å². The molecule has 0 saturated heterocycles. The predicted molar refractivity (Wildman–Crippen MR) is 63.6 cm³/mol. The minimum atomic E-state index is -0.0261. The van der Waals surface area contributed by atoms with Gasteiger partial charge in [-0.25, -0.2) is 0 Å². The molecule has 15 heavy (non-hydrogen) atoms. The molecule has 1 heteroatoms. The van der Waals surface area contributed by atoms with Crippen LogP contribution in [0.1, 0.15) is 52.9 Å². The second kappa shape index (κ2) is 3.93. The Bertz CT molecular complexity index is 261. The minimum Gasteiger partial charge on any atom is -0.392 e. The fourth-order valence-corrected chi connectivity index (χ4v) is 3.71. The molecule has 0 aromatic heterocycles. The number of aliphatic hydroxyl groups is 1. The number of hydrogen-bond acceptors (Lipinski definition) is 1. The maximum atomic E-state index is 10.3. The molecule has 0 amide bonds. The van der Waals surface area contributed by atoms with Crippen molar-refractivity contribution in [3.63, 3.8) is 0 Å². The lowest BCUT2D eigenvalue weighted by atomic mass is 9.70. The van der Waals surface area contributed by atoms with Gasteiger partial charge in [0.1, 0.15) is 0 Å². The van der Waals surface area contributed by atoms with Crippen LogP contribution in [0.4, 0.5) is 0 Å². The zero-order valence-corrected chi connectivity index (χ0v) is 10.3. The van der Waals surface area contributed by atoms with Crippen molar-refractivity contribution in [1.82, 2.24) is 0 Å². The number of hydrogen-bond donors (Lipinski definition) is 1. The van der Waals surface area contributed by atoms with E-state index in [1.807, 2.05) is 0 Å². The summed E-state index contributed by atoms with van der Waals surface area (Å²) in [6.07, 6.45) is 8.49. The lowest BCUT2D eigenvalue weighted by Gasteiger charge is -2.38. The summed E-state index contributed by atoms with van der Waals surface area (Å²) in [5, 5.41) is 10.3. The summed E-state index contributed by atoms with van der Waals surface area (Å²) in [4.78, 5) is 0. The molecule has 2 fully saturated rings. The molecule has 1 N–H and O–H groups in total. The highest BCUT2D eigenvalue weighted by Crippen LogP contribution is 2.57. The maximum Gasteiger partial charge on any atom is 0.0624 e. The Morgan fingerprint density at radius 2 is 2.13 bits per heavy atom. The topological polar surface area (TPSA) is 20.2 Å². The highest BCUT2D eigenvalue weighted by molar-refractivity contribution is 5.05. The molecule has 4 atom stereocenters. The quantitative estimate of drug-likeness (QED) is 0.703. The smallest absolute Gasteiger partial charge is 0.0624 e. The van der Waals surface area contributed by atoms with Crippen LogP contribution in [0.2, 0.25) is 0 Å². The summed E-state index contributed by atoms with van der Waals surface area (Å²) in [6.45, 7) is 6.61. The normalized spacial score (nSPS) is 43.3. The summed E-state index contributed by atoms with van der Waals surface area (Å²) in [6, 6.07) is 0. The van der Waals surface area contributed by atoms with Gasteiger partial charge in [-0.1, -0.05) is 18.6 Å². The van der Waals surface area contributed by atoms with Gasteiger partial charge in [0.2, 0.25) is 0 Å². The molecule has 1 nitrogen and oxygen atoms in total. The summed E-state index contributed by atoms with van der Waals surface area (Å²) >= 11 is 0. The van der Waals surface area contributed by atoms with Crippen LogP contribution in [-0.4, -0.2) is 11.2 Å². The molecule has 86 valence electrons. The zero-order valence-electron chi connectivity index (χ0n) is 10.3. The second-order valence-electron chi connectivity index (χ2n) is 6.04. The number of rotatable bonds is 3. The first-order valence-corrected chi connectivity index (χ1v) is 6.35. The van der Waals surface area contributed by atoms with Crippen molar-refractivity contribution < 1.29 is 5.11 Å². The van der Waals surface area contributed by atoms with Gasteiger partial charge in [-0.15, -0.1) is 0 Å². The van der Waals surface area contributed by atoms with Gasteiger partial charge in [0.25, 0.3) is 0 Å². The van der Waals surface area contributed by atoms with E-state index in [0.717, 1.165) is 12.3 Å². The van der Waals surface area contributed by atoms with E-state index in [-0.39, 0.29) is 11.5 Å². The minimum absolute atomic E-state index is 0.0261. The zero-order chi connectivity index (χ0) is 11.1. The Morgan fingerprint density at radius 3 is 2.67 bits per heavy atom. The van der Waals surface area contributed by atoms with Crippen LogP contribution in [0, 0.1) is 17.3 Å². The summed E-state index contributed by atoms with van der Waals surface area (Å²) in [7, 11) is 0.